The van der Waals surface area contributed by atoms with E-state index in [4.69, 9.17) is 4.74 Å². The van der Waals surface area contributed by atoms with Gasteiger partial charge in [-0.2, -0.15) is 0 Å². The lowest BCUT2D eigenvalue weighted by Gasteiger charge is -2.32. The first-order chi connectivity index (χ1) is 15.7. The molecule has 0 spiro atoms. The molecule has 1 aromatic carbocycles. The molecule has 8 nitrogen and oxygen atoms in total. The molecule has 0 saturated carbocycles. The Balaban J connectivity index is 1.32. The van der Waals surface area contributed by atoms with Gasteiger partial charge in [0.2, 0.25) is 0 Å². The lowest BCUT2D eigenvalue weighted by Crippen LogP contribution is -2.36. The monoisotopic (exact) mass is 432 g/mol. The van der Waals surface area contributed by atoms with Crippen LogP contribution < -0.4 is 10.1 Å². The molecule has 1 fully saturated rings. The topological polar surface area (TPSA) is 93.1 Å². The predicted molar refractivity (Wildman–Crippen MR) is 120 cm³/mol. The summed E-state index contributed by atoms with van der Waals surface area (Å²) in [6.07, 6.45) is 6.68. The van der Waals surface area contributed by atoms with Gasteiger partial charge in [0.15, 0.2) is 0 Å². The van der Waals surface area contributed by atoms with Crippen molar-refractivity contribution in [1.29, 1.82) is 0 Å². The number of piperidine rings is 1. The molecule has 32 heavy (non-hydrogen) atoms. The number of aromatic nitrogens is 4. The van der Waals surface area contributed by atoms with Crippen LogP contribution in [-0.4, -0.2) is 57.0 Å². The highest BCUT2D eigenvalue weighted by Gasteiger charge is 2.26. The summed E-state index contributed by atoms with van der Waals surface area (Å²) in [5.41, 5.74) is 2.15. The van der Waals surface area contributed by atoms with E-state index >= 15 is 0 Å². The number of hydrogen-bond donors (Lipinski definition) is 1. The van der Waals surface area contributed by atoms with E-state index in [1.54, 1.807) is 18.5 Å². The van der Waals surface area contributed by atoms with Crippen LogP contribution in [0.15, 0.2) is 55.1 Å². The fourth-order valence-corrected chi connectivity index (χ4v) is 3.90. The maximum atomic E-state index is 12.9. The molecule has 1 amide bonds. The molecule has 3 heterocycles. The lowest BCUT2D eigenvalue weighted by molar-refractivity contribution is 0.0946. The van der Waals surface area contributed by atoms with Crippen molar-refractivity contribution < 1.29 is 9.53 Å². The Kier molecular flexibility index (Phi) is 7.34. The van der Waals surface area contributed by atoms with E-state index in [-0.39, 0.29) is 11.8 Å². The average Bonchev–Trinajstić information content (AvgIpc) is 2.84. The predicted octanol–water partition coefficient (Wildman–Crippen LogP) is 2.76. The van der Waals surface area contributed by atoms with Crippen LogP contribution in [0.1, 0.15) is 46.3 Å². The zero-order chi connectivity index (χ0) is 22.2. The first-order valence-electron chi connectivity index (χ1n) is 11.0. The van der Waals surface area contributed by atoms with Crippen molar-refractivity contribution in [1.82, 2.24) is 30.2 Å². The van der Waals surface area contributed by atoms with Gasteiger partial charge in [0.25, 0.3) is 5.91 Å². The number of para-hydroxylation sites is 1. The van der Waals surface area contributed by atoms with E-state index < -0.39 is 0 Å². The van der Waals surface area contributed by atoms with Gasteiger partial charge in [-0.1, -0.05) is 18.2 Å². The molecule has 1 saturated heterocycles. The number of aryl methyl sites for hydroxylation is 1. The molecule has 1 N–H and O–H groups in total. The highest BCUT2D eigenvalue weighted by Crippen LogP contribution is 2.29. The van der Waals surface area contributed by atoms with Crippen molar-refractivity contribution in [2.75, 3.05) is 26.2 Å². The summed E-state index contributed by atoms with van der Waals surface area (Å²) in [6.45, 7) is 5.66. The minimum absolute atomic E-state index is 0.169. The molecule has 166 valence electrons. The summed E-state index contributed by atoms with van der Waals surface area (Å²) in [7, 11) is 0. The molecule has 0 radical (unpaired) electrons. The first kappa shape index (κ1) is 21.8. The van der Waals surface area contributed by atoms with Gasteiger partial charge in [-0.3, -0.25) is 9.69 Å². The summed E-state index contributed by atoms with van der Waals surface area (Å²) >= 11 is 0. The average molecular weight is 433 g/mol. The minimum Gasteiger partial charge on any atom is -0.492 e. The molecular weight excluding hydrogens is 404 g/mol. The molecular formula is C24H28N6O2. The Morgan fingerprint density at radius 3 is 2.72 bits per heavy atom. The molecule has 0 atom stereocenters. The highest BCUT2D eigenvalue weighted by atomic mass is 16.5. The van der Waals surface area contributed by atoms with Crippen LogP contribution in [-0.2, 0) is 6.54 Å². The first-order valence-corrected chi connectivity index (χ1v) is 11.0. The standard InChI is InChI=1S/C24H28N6O2/c1-18-26-16-22(24(31)27-15-20-7-10-25-17-28-20)23(29-18)19-8-11-30(12-9-19)13-14-32-21-5-3-2-4-6-21/h2-7,10,16-17,19H,8-9,11-15H2,1H3,(H,27,31). The number of amides is 1. The lowest BCUT2D eigenvalue weighted by atomic mass is 9.90. The van der Waals surface area contributed by atoms with Gasteiger partial charge in [-0.25, -0.2) is 19.9 Å². The number of benzene rings is 1. The van der Waals surface area contributed by atoms with Gasteiger partial charge < -0.3 is 10.1 Å². The van der Waals surface area contributed by atoms with E-state index in [9.17, 15) is 4.79 Å². The third-order valence-corrected chi connectivity index (χ3v) is 5.65. The molecule has 0 bridgehead atoms. The molecule has 0 unspecified atom stereocenters. The van der Waals surface area contributed by atoms with Crippen LogP contribution in [0.3, 0.4) is 0 Å². The third kappa shape index (κ3) is 5.85. The van der Waals surface area contributed by atoms with Crippen molar-refractivity contribution >= 4 is 5.91 Å². The van der Waals surface area contributed by atoms with E-state index in [1.807, 2.05) is 37.3 Å². The van der Waals surface area contributed by atoms with Crippen LogP contribution in [0.4, 0.5) is 0 Å². The van der Waals surface area contributed by atoms with Gasteiger partial charge in [-0.15, -0.1) is 0 Å². The Bertz CT molecular complexity index is 1010. The van der Waals surface area contributed by atoms with Crippen LogP contribution in [0.5, 0.6) is 5.75 Å². The second-order valence-electron chi connectivity index (χ2n) is 7.88. The van der Waals surface area contributed by atoms with E-state index in [1.165, 1.54) is 6.33 Å². The number of nitrogens with zero attached hydrogens (tertiary/aromatic N) is 5. The molecule has 1 aliphatic heterocycles. The minimum atomic E-state index is -0.169. The number of hydrogen-bond acceptors (Lipinski definition) is 7. The third-order valence-electron chi connectivity index (χ3n) is 5.65. The summed E-state index contributed by atoms with van der Waals surface area (Å²) in [5, 5.41) is 2.93. The fraction of sp³-hybridized carbons (Fsp3) is 0.375. The summed E-state index contributed by atoms with van der Waals surface area (Å²) in [5.74, 6) is 1.66. The Labute approximate surface area is 188 Å². The van der Waals surface area contributed by atoms with E-state index in [0.717, 1.165) is 49.6 Å². The van der Waals surface area contributed by atoms with Crippen molar-refractivity contribution in [3.8, 4) is 5.75 Å². The van der Waals surface area contributed by atoms with Crippen LogP contribution >= 0.6 is 0 Å². The van der Waals surface area contributed by atoms with Crippen molar-refractivity contribution in [3.63, 3.8) is 0 Å². The second-order valence-corrected chi connectivity index (χ2v) is 7.88. The quantitative estimate of drug-likeness (QED) is 0.585. The zero-order valence-electron chi connectivity index (χ0n) is 18.3. The van der Waals surface area contributed by atoms with Crippen molar-refractivity contribution in [2.45, 2.75) is 32.2 Å². The van der Waals surface area contributed by atoms with Gasteiger partial charge in [-0.05, 0) is 51.1 Å². The smallest absolute Gasteiger partial charge is 0.255 e. The van der Waals surface area contributed by atoms with Crippen molar-refractivity contribution in [3.05, 3.63) is 77.9 Å². The molecule has 1 aliphatic rings. The largest absolute Gasteiger partial charge is 0.492 e. The van der Waals surface area contributed by atoms with Gasteiger partial charge in [0.05, 0.1) is 23.5 Å². The number of nitrogens with one attached hydrogen (secondary N) is 1. The van der Waals surface area contributed by atoms with E-state index in [2.05, 4.69) is 30.2 Å². The normalized spacial score (nSPS) is 14.8. The fourth-order valence-electron chi connectivity index (χ4n) is 3.90. The summed E-state index contributed by atoms with van der Waals surface area (Å²) < 4.78 is 5.83. The number of ether oxygens (including phenoxy) is 1. The van der Waals surface area contributed by atoms with Crippen LogP contribution in [0.25, 0.3) is 0 Å². The number of carbonyl (C=O) groups excluding carboxylic acids is 1. The molecule has 8 heteroatoms. The van der Waals surface area contributed by atoms with E-state index in [0.29, 0.717) is 24.5 Å². The van der Waals surface area contributed by atoms with Crippen LogP contribution in [0, 0.1) is 6.92 Å². The zero-order valence-corrected chi connectivity index (χ0v) is 18.3. The Hall–Kier alpha value is -3.39. The molecule has 3 aromatic rings. The maximum Gasteiger partial charge on any atom is 0.255 e. The van der Waals surface area contributed by atoms with Gasteiger partial charge in [0, 0.05) is 24.9 Å². The maximum absolute atomic E-state index is 12.9. The highest BCUT2D eigenvalue weighted by molar-refractivity contribution is 5.95. The summed E-state index contributed by atoms with van der Waals surface area (Å²) in [4.78, 5) is 32.3. The Morgan fingerprint density at radius 1 is 1.16 bits per heavy atom. The van der Waals surface area contributed by atoms with Crippen molar-refractivity contribution in [2.24, 2.45) is 0 Å². The molecule has 0 aliphatic carbocycles. The number of carbonyl (C=O) groups is 1. The molecule has 2 aromatic heterocycles. The number of likely N-dealkylation sites (tertiary alicyclic amines) is 1. The number of rotatable bonds is 8. The SMILES string of the molecule is Cc1ncc(C(=O)NCc2ccncn2)c(C2CCN(CCOc3ccccc3)CC2)n1. The molecule has 4 rings (SSSR count). The van der Waals surface area contributed by atoms with Gasteiger partial charge in [0.1, 0.15) is 24.5 Å². The summed E-state index contributed by atoms with van der Waals surface area (Å²) in [6, 6.07) is 11.7. The Morgan fingerprint density at radius 2 is 1.97 bits per heavy atom. The van der Waals surface area contributed by atoms with Crippen LogP contribution in [0.2, 0.25) is 0 Å². The second kappa shape index (κ2) is 10.8. The van der Waals surface area contributed by atoms with Gasteiger partial charge >= 0.3 is 0 Å².